The molecule has 0 radical (unpaired) electrons. The van der Waals surface area contributed by atoms with Gasteiger partial charge in [-0.05, 0) is 150 Å². The zero-order valence-corrected chi connectivity index (χ0v) is 54.5. The number of halogens is 2. The van der Waals surface area contributed by atoms with Crippen molar-refractivity contribution < 1.29 is 8.83 Å². The van der Waals surface area contributed by atoms with Crippen LogP contribution in [0.4, 0.5) is 0 Å². The van der Waals surface area contributed by atoms with Gasteiger partial charge in [0.2, 0.25) is 0 Å². The zero-order valence-electron chi connectivity index (χ0n) is 51.3. The molecule has 0 bridgehead atoms. The van der Waals surface area contributed by atoms with Crippen molar-refractivity contribution in [3.63, 3.8) is 0 Å². The van der Waals surface area contributed by atoms with Gasteiger partial charge in [-0.2, -0.15) is 0 Å². The topological polar surface area (TPSA) is 87.7 Å². The third kappa shape index (κ3) is 7.28. The van der Waals surface area contributed by atoms with Gasteiger partial charge >= 0.3 is 0 Å². The minimum atomic E-state index is 0.285. The highest BCUT2D eigenvalue weighted by Gasteiger charge is 2.29. The molecule has 23 aromatic rings. The number of hydrogen-bond donors (Lipinski definition) is 0. The Labute approximate surface area is 571 Å². The van der Waals surface area contributed by atoms with Gasteiger partial charge in [-0.3, -0.25) is 9.13 Å². The van der Waals surface area contributed by atoms with Crippen LogP contribution in [0.5, 0.6) is 0 Å². The molecule has 0 aliphatic carbocycles. The van der Waals surface area contributed by atoms with Gasteiger partial charge in [-0.25, -0.2) is 19.9 Å². The van der Waals surface area contributed by atoms with Crippen LogP contribution in [0.25, 0.3) is 227 Å². The summed E-state index contributed by atoms with van der Waals surface area (Å²) < 4.78 is 22.8. The van der Waals surface area contributed by atoms with E-state index in [1.165, 1.54) is 25.7 Å². The molecule has 8 aromatic heterocycles. The van der Waals surface area contributed by atoms with E-state index in [1.54, 1.807) is 11.3 Å². The van der Waals surface area contributed by atoms with E-state index in [0.29, 0.717) is 16.8 Å². The van der Waals surface area contributed by atoms with Crippen molar-refractivity contribution in [2.24, 2.45) is 0 Å². The maximum atomic E-state index is 7.54. The summed E-state index contributed by atoms with van der Waals surface area (Å²) in [6.45, 7) is 0. The number of benzene rings is 15. The van der Waals surface area contributed by atoms with Gasteiger partial charge < -0.3 is 8.83 Å². The SMILES string of the molecule is Clc1nc2ccc3ccccc3c2nc1-n1c2ccc(-c3ccc4cc5c(cc4c3)oc3c5c4ccccc4c4c5ccccc5n(-c5nc6c(nc5Cl)sc5ccccc56)c34)cc2c2c3ccccc3c3c4cc5cc(-c6ccc7c(c6)sc6ccccc67)ccc5cc4oc3c21. The van der Waals surface area contributed by atoms with Crippen molar-refractivity contribution in [1.82, 2.24) is 29.1 Å². The Morgan fingerprint density at radius 3 is 1.49 bits per heavy atom. The Kier molecular flexibility index (Phi) is 10.6. The molecule has 23 rings (SSSR count). The van der Waals surface area contributed by atoms with Crippen molar-refractivity contribution in [2.75, 3.05) is 0 Å². The second kappa shape index (κ2) is 19.5. The van der Waals surface area contributed by atoms with Crippen LogP contribution in [0.3, 0.4) is 0 Å². The van der Waals surface area contributed by atoms with E-state index in [2.05, 4.69) is 240 Å². The average Bonchev–Trinajstić information content (AvgIpc) is 1.53. The molecule has 0 saturated carbocycles. The fourth-order valence-corrected chi connectivity index (χ4v) is 19.0. The maximum absolute atomic E-state index is 7.54. The van der Waals surface area contributed by atoms with Crippen molar-refractivity contribution in [2.45, 2.75) is 0 Å². The third-order valence-corrected chi connectivity index (χ3v) is 23.3. The molecule has 8 nitrogen and oxygen atoms in total. The smallest absolute Gasteiger partial charge is 0.176 e. The number of hydrogen-bond acceptors (Lipinski definition) is 8. The van der Waals surface area contributed by atoms with Crippen molar-refractivity contribution in [1.29, 1.82) is 0 Å². The second-order valence-corrected chi connectivity index (χ2v) is 28.6. The Morgan fingerprint density at radius 1 is 0.296 bits per heavy atom. The molecule has 8 heterocycles. The quantitative estimate of drug-likeness (QED) is 0.163. The molecule has 0 spiro atoms. The number of thiophene rings is 2. The number of para-hydroxylation sites is 1. The van der Waals surface area contributed by atoms with Crippen molar-refractivity contribution in [3.8, 4) is 33.9 Å². The fourth-order valence-electron chi connectivity index (χ4n) is 16.3. The summed E-state index contributed by atoms with van der Waals surface area (Å²) in [4.78, 5) is 21.9. The van der Waals surface area contributed by atoms with E-state index in [-0.39, 0.29) is 5.15 Å². The molecule has 0 fully saturated rings. The molecule has 0 N–H and O–H groups in total. The summed E-state index contributed by atoms with van der Waals surface area (Å²) in [5.74, 6) is 1.07. The van der Waals surface area contributed by atoms with E-state index < -0.39 is 0 Å². The fraction of sp³-hybridized carbons (Fsp3) is 0. The minimum Gasteiger partial charge on any atom is -0.454 e. The zero-order chi connectivity index (χ0) is 63.9. The molecule has 0 aliphatic rings. The number of furan rings is 2. The molecule has 0 amide bonds. The predicted molar refractivity (Wildman–Crippen MR) is 413 cm³/mol. The molecule has 0 unspecified atom stereocenters. The minimum absolute atomic E-state index is 0.285. The molecule has 0 saturated heterocycles. The average molecular weight is 1330 g/mol. The Morgan fingerprint density at radius 2 is 0.776 bits per heavy atom. The van der Waals surface area contributed by atoms with Gasteiger partial charge in [0.15, 0.2) is 33.1 Å². The molecule has 12 heteroatoms. The van der Waals surface area contributed by atoms with Gasteiger partial charge in [0.05, 0.1) is 33.1 Å². The summed E-state index contributed by atoms with van der Waals surface area (Å²) in [5, 5.41) is 23.3. The first-order valence-electron chi connectivity index (χ1n) is 32.5. The van der Waals surface area contributed by atoms with Crippen LogP contribution in [0.2, 0.25) is 10.3 Å². The lowest BCUT2D eigenvalue weighted by Crippen LogP contribution is -2.02. The van der Waals surface area contributed by atoms with Gasteiger partial charge in [0.25, 0.3) is 0 Å². The Hall–Kier alpha value is -11.8. The number of rotatable bonds is 4. The Bertz CT molecular complexity index is 7620. The van der Waals surface area contributed by atoms with Gasteiger partial charge in [-0.15, -0.1) is 22.7 Å². The molecular weight excluding hydrogens is 1280 g/mol. The van der Waals surface area contributed by atoms with Crippen LogP contribution < -0.4 is 0 Å². The van der Waals surface area contributed by atoms with Crippen LogP contribution in [-0.4, -0.2) is 29.1 Å². The van der Waals surface area contributed by atoms with Crippen LogP contribution in [0.1, 0.15) is 0 Å². The lowest BCUT2D eigenvalue weighted by atomic mass is 9.95. The van der Waals surface area contributed by atoms with Crippen LogP contribution >= 0.6 is 45.9 Å². The summed E-state index contributed by atoms with van der Waals surface area (Å²) in [6, 6.07) is 91.4. The summed E-state index contributed by atoms with van der Waals surface area (Å²) in [6.07, 6.45) is 0. The lowest BCUT2D eigenvalue weighted by Gasteiger charge is -2.12. The van der Waals surface area contributed by atoms with Crippen molar-refractivity contribution >= 4 is 239 Å². The molecular formula is C86H42Cl2N6O2S2. The molecule has 98 heavy (non-hydrogen) atoms. The molecule has 454 valence electrons. The summed E-state index contributed by atoms with van der Waals surface area (Å²) in [5.41, 5.74) is 13.4. The van der Waals surface area contributed by atoms with Gasteiger partial charge in [-0.1, -0.05) is 199 Å². The molecule has 0 atom stereocenters. The monoisotopic (exact) mass is 1320 g/mol. The lowest BCUT2D eigenvalue weighted by molar-refractivity contribution is 0.671. The van der Waals surface area contributed by atoms with Gasteiger partial charge in [0.1, 0.15) is 21.5 Å². The normalized spacial score (nSPS) is 12.6. The number of aromatic nitrogens is 6. The first-order chi connectivity index (χ1) is 48.4. The summed E-state index contributed by atoms with van der Waals surface area (Å²) >= 11 is 18.3. The van der Waals surface area contributed by atoms with Gasteiger partial charge in [0, 0.05) is 78.7 Å². The molecule has 0 aliphatic heterocycles. The van der Waals surface area contributed by atoms with E-state index in [4.69, 9.17) is 52.0 Å². The van der Waals surface area contributed by atoms with Crippen molar-refractivity contribution in [3.05, 3.63) is 265 Å². The van der Waals surface area contributed by atoms with Crippen LogP contribution in [0.15, 0.2) is 264 Å². The second-order valence-electron chi connectivity index (χ2n) is 25.8. The van der Waals surface area contributed by atoms with Crippen LogP contribution in [-0.2, 0) is 0 Å². The highest BCUT2D eigenvalue weighted by Crippen LogP contribution is 2.51. The summed E-state index contributed by atoms with van der Waals surface area (Å²) in [7, 11) is 0. The highest BCUT2D eigenvalue weighted by atomic mass is 35.5. The van der Waals surface area contributed by atoms with E-state index in [0.717, 1.165) is 190 Å². The largest absolute Gasteiger partial charge is 0.454 e. The van der Waals surface area contributed by atoms with E-state index in [1.807, 2.05) is 35.6 Å². The molecule has 15 aromatic carbocycles. The number of nitrogens with zero attached hydrogens (tertiary/aromatic N) is 6. The van der Waals surface area contributed by atoms with Crippen LogP contribution in [0, 0.1) is 0 Å². The first-order valence-corrected chi connectivity index (χ1v) is 34.9. The third-order valence-electron chi connectivity index (χ3n) is 20.6. The first kappa shape index (κ1) is 53.5. The predicted octanol–water partition coefficient (Wildman–Crippen LogP) is 25.6. The number of fused-ring (bicyclic) bond motifs is 31. The maximum Gasteiger partial charge on any atom is 0.176 e. The highest BCUT2D eigenvalue weighted by molar-refractivity contribution is 7.26. The standard InChI is InChI=1S/C86H42Cl2N6O2S2/c87-82-84(90-76-52-14-2-1-13-43(52)30-33-64(76)89-82)94-66-34-31-46(37-61(66)73-56-17-4-6-19-58(56)75-63-39-50-35-45(26-28-48(50)40-67(63)95-81(75)79(73)94)49-29-32-54-53-15-8-11-23-69(53)97-71(54)42-49)44-25-27-47-38-62-68(41-51(47)36-44)96-80-74(62)57-18-5-3-16-55(57)72-59-20-7-10-22-65(59)93(78(72)80)85-83(88)92-86-77(91-85)60-21-9-12-24-70(60)98-86/h1-42H. The van der Waals surface area contributed by atoms with E-state index in [9.17, 15) is 0 Å². The van der Waals surface area contributed by atoms with E-state index >= 15 is 0 Å². The Balaban J connectivity index is 0.743.